The maximum Gasteiger partial charge on any atom is 0.433 e. The van der Waals surface area contributed by atoms with Gasteiger partial charge in [0.25, 0.3) is 5.91 Å². The molecular formula is C16H14F3N5O3S. The highest BCUT2D eigenvalue weighted by Crippen LogP contribution is 2.32. The average molecular weight is 413 g/mol. The van der Waals surface area contributed by atoms with E-state index in [1.165, 1.54) is 19.3 Å². The molecule has 8 nitrogen and oxygen atoms in total. The fraction of sp³-hybridized carbons (Fsp3) is 0.250. The minimum atomic E-state index is -4.59. The van der Waals surface area contributed by atoms with Crippen LogP contribution in [0.15, 0.2) is 22.1 Å². The molecule has 3 aromatic rings. The van der Waals surface area contributed by atoms with E-state index < -0.39 is 23.7 Å². The molecule has 0 aliphatic carbocycles. The molecular weight excluding hydrogens is 399 g/mol. The quantitative estimate of drug-likeness (QED) is 0.592. The molecule has 12 heteroatoms. The van der Waals surface area contributed by atoms with Crippen molar-refractivity contribution in [3.8, 4) is 0 Å². The summed E-state index contributed by atoms with van der Waals surface area (Å²) in [5, 5.41) is 12.1. The predicted molar refractivity (Wildman–Crippen MR) is 94.2 cm³/mol. The fourth-order valence-corrected chi connectivity index (χ4v) is 3.07. The highest BCUT2D eigenvalue weighted by atomic mass is 32.1. The van der Waals surface area contributed by atoms with Gasteiger partial charge in [-0.3, -0.25) is 20.0 Å². The number of amides is 2. The summed E-state index contributed by atoms with van der Waals surface area (Å²) in [6.07, 6.45) is -3.39. The number of aryl methyl sites for hydroxylation is 1. The Hall–Kier alpha value is -3.15. The van der Waals surface area contributed by atoms with E-state index in [2.05, 4.69) is 20.7 Å². The minimum absolute atomic E-state index is 0.190. The number of nitrogens with zero attached hydrogens (tertiary/aromatic N) is 2. The van der Waals surface area contributed by atoms with Crippen LogP contribution in [-0.2, 0) is 17.4 Å². The third-order valence-electron chi connectivity index (χ3n) is 3.77. The molecule has 0 bridgehead atoms. The Morgan fingerprint density at radius 3 is 2.64 bits per heavy atom. The van der Waals surface area contributed by atoms with E-state index in [-0.39, 0.29) is 22.9 Å². The molecule has 148 valence electrons. The van der Waals surface area contributed by atoms with E-state index in [1.807, 2.05) is 5.10 Å². The zero-order valence-corrected chi connectivity index (χ0v) is 15.4. The number of rotatable bonds is 5. The number of thiazole rings is 1. The maximum atomic E-state index is 12.7. The van der Waals surface area contributed by atoms with Crippen LogP contribution < -0.4 is 10.6 Å². The highest BCUT2D eigenvalue weighted by Gasteiger charge is 2.36. The second-order valence-electron chi connectivity index (χ2n) is 5.78. The maximum absolute atomic E-state index is 12.7. The van der Waals surface area contributed by atoms with Crippen molar-refractivity contribution in [2.45, 2.75) is 26.4 Å². The van der Waals surface area contributed by atoms with Crippen molar-refractivity contribution in [2.75, 3.05) is 10.6 Å². The van der Waals surface area contributed by atoms with Crippen LogP contribution >= 0.6 is 11.3 Å². The summed E-state index contributed by atoms with van der Waals surface area (Å²) >= 11 is 1.12. The van der Waals surface area contributed by atoms with Crippen molar-refractivity contribution >= 4 is 34.1 Å². The van der Waals surface area contributed by atoms with Crippen LogP contribution in [0.4, 0.5) is 24.1 Å². The lowest BCUT2D eigenvalue weighted by molar-refractivity contribution is -0.141. The van der Waals surface area contributed by atoms with Gasteiger partial charge in [-0.15, -0.1) is 11.3 Å². The number of furan rings is 1. The number of nitrogens with one attached hydrogen (secondary N) is 3. The Kier molecular flexibility index (Phi) is 5.23. The number of carbonyl (C=O) groups is 2. The normalized spacial score (nSPS) is 11.5. The lowest BCUT2D eigenvalue weighted by Gasteiger charge is -2.05. The van der Waals surface area contributed by atoms with Gasteiger partial charge in [0.15, 0.2) is 10.9 Å². The molecule has 3 rings (SSSR count). The molecule has 0 saturated carbocycles. The van der Waals surface area contributed by atoms with Gasteiger partial charge in [-0.1, -0.05) is 0 Å². The Morgan fingerprint density at radius 2 is 2.04 bits per heavy atom. The number of H-pyrrole nitrogens is 1. The first kappa shape index (κ1) is 19.6. The van der Waals surface area contributed by atoms with Gasteiger partial charge in [0.05, 0.1) is 23.9 Å². The van der Waals surface area contributed by atoms with Crippen molar-refractivity contribution in [1.29, 1.82) is 0 Å². The SMILES string of the molecule is Cc1occc1C(=O)Nc1nc(CC(=O)Nc2n[nH]c(C(F)(F)F)c2C)cs1. The first-order chi connectivity index (χ1) is 13.1. The summed E-state index contributed by atoms with van der Waals surface area (Å²) < 4.78 is 43.3. The number of aromatic amines is 1. The van der Waals surface area contributed by atoms with Crippen molar-refractivity contribution in [1.82, 2.24) is 15.2 Å². The number of hydrogen-bond acceptors (Lipinski definition) is 6. The van der Waals surface area contributed by atoms with Crippen LogP contribution in [0.2, 0.25) is 0 Å². The van der Waals surface area contributed by atoms with Gasteiger partial charge in [-0.05, 0) is 19.9 Å². The third-order valence-corrected chi connectivity index (χ3v) is 4.57. The molecule has 0 atom stereocenters. The average Bonchev–Trinajstić information content (AvgIpc) is 3.29. The van der Waals surface area contributed by atoms with Crippen LogP contribution in [0.5, 0.6) is 0 Å². The van der Waals surface area contributed by atoms with E-state index in [0.29, 0.717) is 17.0 Å². The summed E-state index contributed by atoms with van der Waals surface area (Å²) in [6.45, 7) is 2.85. The molecule has 0 fully saturated rings. The van der Waals surface area contributed by atoms with Gasteiger partial charge in [-0.2, -0.15) is 18.3 Å². The Morgan fingerprint density at radius 1 is 1.29 bits per heavy atom. The third kappa shape index (κ3) is 4.22. The Balaban J connectivity index is 1.61. The zero-order chi connectivity index (χ0) is 20.5. The van der Waals surface area contributed by atoms with Gasteiger partial charge in [0.2, 0.25) is 5.91 Å². The molecule has 0 radical (unpaired) electrons. The van der Waals surface area contributed by atoms with E-state index in [9.17, 15) is 22.8 Å². The smallest absolute Gasteiger partial charge is 0.433 e. The van der Waals surface area contributed by atoms with Crippen LogP contribution in [0.3, 0.4) is 0 Å². The fourth-order valence-electron chi connectivity index (χ4n) is 2.37. The number of halogens is 3. The molecule has 3 heterocycles. The molecule has 0 aromatic carbocycles. The van der Waals surface area contributed by atoms with Crippen molar-refractivity contribution < 1.29 is 27.2 Å². The monoisotopic (exact) mass is 413 g/mol. The predicted octanol–water partition coefficient (Wildman–Crippen LogP) is 3.53. The number of anilines is 2. The van der Waals surface area contributed by atoms with Crippen LogP contribution in [0.25, 0.3) is 0 Å². The largest absolute Gasteiger partial charge is 0.469 e. The molecule has 0 saturated heterocycles. The van der Waals surface area contributed by atoms with Gasteiger partial charge >= 0.3 is 6.18 Å². The topological polar surface area (TPSA) is 113 Å². The second kappa shape index (κ2) is 7.46. The molecule has 0 unspecified atom stereocenters. The van der Waals surface area contributed by atoms with E-state index in [4.69, 9.17) is 4.42 Å². The van der Waals surface area contributed by atoms with E-state index in [1.54, 1.807) is 12.3 Å². The van der Waals surface area contributed by atoms with E-state index >= 15 is 0 Å². The van der Waals surface area contributed by atoms with Crippen molar-refractivity contribution in [3.05, 3.63) is 46.0 Å². The molecule has 28 heavy (non-hydrogen) atoms. The lowest BCUT2D eigenvalue weighted by Crippen LogP contribution is -2.16. The molecule has 0 spiro atoms. The molecule has 3 aromatic heterocycles. The number of carbonyl (C=O) groups excluding carboxylic acids is 2. The number of hydrogen-bond donors (Lipinski definition) is 3. The molecule has 0 aliphatic rings. The highest BCUT2D eigenvalue weighted by molar-refractivity contribution is 7.14. The summed E-state index contributed by atoms with van der Waals surface area (Å²) in [5.74, 6) is -0.724. The van der Waals surface area contributed by atoms with Gasteiger partial charge in [0, 0.05) is 10.9 Å². The van der Waals surface area contributed by atoms with Crippen molar-refractivity contribution in [2.24, 2.45) is 0 Å². The second-order valence-corrected chi connectivity index (χ2v) is 6.64. The molecule has 0 aliphatic heterocycles. The summed E-state index contributed by atoms with van der Waals surface area (Å²) in [4.78, 5) is 28.3. The van der Waals surface area contributed by atoms with Crippen LogP contribution in [0, 0.1) is 13.8 Å². The summed E-state index contributed by atoms with van der Waals surface area (Å²) in [6, 6.07) is 1.52. The zero-order valence-electron chi connectivity index (χ0n) is 14.6. The first-order valence-electron chi connectivity index (χ1n) is 7.87. The molecule has 2 amide bonds. The summed E-state index contributed by atoms with van der Waals surface area (Å²) in [7, 11) is 0. The van der Waals surface area contributed by atoms with Crippen molar-refractivity contribution in [3.63, 3.8) is 0 Å². The standard InChI is InChI=1S/C16H14F3N5O3S/c1-7-12(16(17,18)19)23-24-13(7)21-11(25)5-9-6-28-15(20-9)22-14(26)10-3-4-27-8(10)2/h3-4,6H,5H2,1-2H3,(H,20,22,26)(H2,21,23,24,25). The number of aromatic nitrogens is 3. The van der Waals surface area contributed by atoms with Gasteiger partial charge in [0.1, 0.15) is 11.5 Å². The first-order valence-corrected chi connectivity index (χ1v) is 8.75. The Bertz CT molecular complexity index is 1020. The van der Waals surface area contributed by atoms with E-state index in [0.717, 1.165) is 11.3 Å². The minimum Gasteiger partial charge on any atom is -0.469 e. The van der Waals surface area contributed by atoms with Gasteiger partial charge < -0.3 is 9.73 Å². The number of alkyl halides is 3. The summed E-state index contributed by atoms with van der Waals surface area (Å²) in [5.41, 5.74) is -0.506. The Labute approximate surface area is 160 Å². The molecule has 3 N–H and O–H groups in total. The van der Waals surface area contributed by atoms with Crippen LogP contribution in [0.1, 0.15) is 33.1 Å². The lowest BCUT2D eigenvalue weighted by atomic mass is 10.2. The van der Waals surface area contributed by atoms with Crippen LogP contribution in [-0.4, -0.2) is 27.0 Å². The van der Waals surface area contributed by atoms with Gasteiger partial charge in [-0.25, -0.2) is 4.98 Å².